The average Bonchev–Trinajstić information content (AvgIpc) is 2.96. The van der Waals surface area contributed by atoms with Crippen LogP contribution in [0.15, 0.2) is 18.3 Å². The standard InChI is InChI=1S/C11H11N3O2/c15-6-8-1-3-14-10(5-8)12-13-11(14)9-2-4-16-7-9/h1,3,5-6,9H,2,4,7H2. The Morgan fingerprint density at radius 2 is 2.44 bits per heavy atom. The molecule has 1 unspecified atom stereocenters. The molecular formula is C11H11N3O2. The van der Waals surface area contributed by atoms with Gasteiger partial charge in [-0.05, 0) is 18.6 Å². The Labute approximate surface area is 92.1 Å². The molecule has 0 aromatic carbocycles. The number of rotatable bonds is 2. The van der Waals surface area contributed by atoms with Gasteiger partial charge in [-0.15, -0.1) is 10.2 Å². The summed E-state index contributed by atoms with van der Waals surface area (Å²) in [5.41, 5.74) is 1.33. The van der Waals surface area contributed by atoms with Crippen molar-refractivity contribution in [2.75, 3.05) is 13.2 Å². The predicted molar refractivity (Wildman–Crippen MR) is 56.6 cm³/mol. The molecule has 3 heterocycles. The summed E-state index contributed by atoms with van der Waals surface area (Å²) >= 11 is 0. The summed E-state index contributed by atoms with van der Waals surface area (Å²) in [6.07, 6.45) is 3.63. The smallest absolute Gasteiger partial charge is 0.161 e. The Kier molecular flexibility index (Phi) is 2.18. The topological polar surface area (TPSA) is 56.5 Å². The molecule has 0 amide bonds. The minimum absolute atomic E-state index is 0.317. The van der Waals surface area contributed by atoms with Gasteiger partial charge in [0.05, 0.1) is 6.61 Å². The molecule has 0 N–H and O–H groups in total. The van der Waals surface area contributed by atoms with Gasteiger partial charge in [-0.3, -0.25) is 9.20 Å². The highest BCUT2D eigenvalue weighted by atomic mass is 16.5. The second-order valence-electron chi connectivity index (χ2n) is 3.92. The zero-order valence-electron chi connectivity index (χ0n) is 8.67. The number of aromatic nitrogens is 3. The highest BCUT2D eigenvalue weighted by Crippen LogP contribution is 2.23. The Morgan fingerprint density at radius 3 is 3.19 bits per heavy atom. The van der Waals surface area contributed by atoms with Crippen molar-refractivity contribution < 1.29 is 9.53 Å². The first-order valence-electron chi connectivity index (χ1n) is 5.26. The third-order valence-corrected chi connectivity index (χ3v) is 2.89. The van der Waals surface area contributed by atoms with Gasteiger partial charge in [-0.2, -0.15) is 0 Å². The first kappa shape index (κ1) is 9.47. The van der Waals surface area contributed by atoms with Crippen molar-refractivity contribution in [2.24, 2.45) is 0 Å². The predicted octanol–water partition coefficient (Wildman–Crippen LogP) is 1.05. The molecule has 1 fully saturated rings. The van der Waals surface area contributed by atoms with Gasteiger partial charge in [0.15, 0.2) is 5.65 Å². The lowest BCUT2D eigenvalue weighted by Crippen LogP contribution is -2.03. The molecule has 5 nitrogen and oxygen atoms in total. The number of carbonyl (C=O) groups excluding carboxylic acids is 1. The van der Waals surface area contributed by atoms with E-state index in [0.29, 0.717) is 23.7 Å². The molecule has 0 bridgehead atoms. The third kappa shape index (κ3) is 1.40. The molecule has 0 spiro atoms. The van der Waals surface area contributed by atoms with Crippen molar-refractivity contribution in [1.29, 1.82) is 0 Å². The molecule has 0 aliphatic carbocycles. The van der Waals surface area contributed by atoms with E-state index in [2.05, 4.69) is 10.2 Å². The first-order valence-corrected chi connectivity index (χ1v) is 5.26. The normalized spacial score (nSPS) is 20.4. The Hall–Kier alpha value is -1.75. The number of hydrogen-bond acceptors (Lipinski definition) is 4. The number of aldehydes is 1. The van der Waals surface area contributed by atoms with Crippen LogP contribution in [0.3, 0.4) is 0 Å². The van der Waals surface area contributed by atoms with E-state index in [1.165, 1.54) is 0 Å². The van der Waals surface area contributed by atoms with Gasteiger partial charge in [-0.1, -0.05) is 0 Å². The van der Waals surface area contributed by atoms with Crippen LogP contribution in [-0.4, -0.2) is 34.1 Å². The minimum atomic E-state index is 0.317. The van der Waals surface area contributed by atoms with E-state index in [0.717, 1.165) is 25.1 Å². The fourth-order valence-corrected chi connectivity index (χ4v) is 2.01. The number of hydrogen-bond donors (Lipinski definition) is 0. The van der Waals surface area contributed by atoms with Crippen molar-refractivity contribution >= 4 is 11.9 Å². The lowest BCUT2D eigenvalue weighted by atomic mass is 10.1. The summed E-state index contributed by atoms with van der Waals surface area (Å²) in [4.78, 5) is 10.6. The molecule has 0 radical (unpaired) electrons. The van der Waals surface area contributed by atoms with Gasteiger partial charge in [0.1, 0.15) is 12.1 Å². The van der Waals surface area contributed by atoms with E-state index in [9.17, 15) is 4.79 Å². The second-order valence-corrected chi connectivity index (χ2v) is 3.92. The maximum absolute atomic E-state index is 10.6. The lowest BCUT2D eigenvalue weighted by molar-refractivity contribution is 0.112. The van der Waals surface area contributed by atoms with Gasteiger partial charge < -0.3 is 4.74 Å². The lowest BCUT2D eigenvalue weighted by Gasteiger charge is -2.04. The van der Waals surface area contributed by atoms with Crippen molar-refractivity contribution in [3.05, 3.63) is 29.7 Å². The Balaban J connectivity index is 2.09. The SMILES string of the molecule is O=Cc1ccn2c(C3CCOC3)nnc2c1. The first-order chi connectivity index (χ1) is 7.88. The largest absolute Gasteiger partial charge is 0.381 e. The molecule has 2 aromatic rings. The molecular weight excluding hydrogens is 206 g/mol. The van der Waals surface area contributed by atoms with Gasteiger partial charge in [0.25, 0.3) is 0 Å². The van der Waals surface area contributed by atoms with Crippen LogP contribution in [0.25, 0.3) is 5.65 Å². The molecule has 3 rings (SSSR count). The van der Waals surface area contributed by atoms with Crippen LogP contribution in [0.1, 0.15) is 28.5 Å². The molecule has 1 saturated heterocycles. The average molecular weight is 217 g/mol. The quantitative estimate of drug-likeness (QED) is 0.705. The second kappa shape index (κ2) is 3.68. The summed E-state index contributed by atoms with van der Waals surface area (Å²) in [6.45, 7) is 1.49. The Bertz CT molecular complexity index is 529. The molecule has 82 valence electrons. The highest BCUT2D eigenvalue weighted by Gasteiger charge is 2.22. The van der Waals surface area contributed by atoms with Crippen LogP contribution in [-0.2, 0) is 4.74 Å². The van der Waals surface area contributed by atoms with Crippen molar-refractivity contribution in [3.63, 3.8) is 0 Å². The summed E-state index contributed by atoms with van der Waals surface area (Å²) in [5.74, 6) is 1.24. The summed E-state index contributed by atoms with van der Waals surface area (Å²) < 4.78 is 7.26. The van der Waals surface area contributed by atoms with E-state index in [1.807, 2.05) is 10.6 Å². The highest BCUT2D eigenvalue weighted by molar-refractivity contribution is 5.76. The van der Waals surface area contributed by atoms with Crippen LogP contribution in [0.2, 0.25) is 0 Å². The van der Waals surface area contributed by atoms with E-state index in [1.54, 1.807) is 12.1 Å². The number of ether oxygens (including phenoxy) is 1. The fraction of sp³-hybridized carbons (Fsp3) is 0.364. The van der Waals surface area contributed by atoms with Crippen LogP contribution < -0.4 is 0 Å². The van der Waals surface area contributed by atoms with Crippen molar-refractivity contribution in [1.82, 2.24) is 14.6 Å². The fourth-order valence-electron chi connectivity index (χ4n) is 2.01. The van der Waals surface area contributed by atoms with Crippen molar-refractivity contribution in [3.8, 4) is 0 Å². The monoisotopic (exact) mass is 217 g/mol. The van der Waals surface area contributed by atoms with E-state index in [-0.39, 0.29) is 0 Å². The van der Waals surface area contributed by atoms with Crippen LogP contribution in [0.4, 0.5) is 0 Å². The molecule has 0 saturated carbocycles. The minimum Gasteiger partial charge on any atom is -0.381 e. The number of fused-ring (bicyclic) bond motifs is 1. The molecule has 1 aliphatic rings. The van der Waals surface area contributed by atoms with Crippen molar-refractivity contribution in [2.45, 2.75) is 12.3 Å². The summed E-state index contributed by atoms with van der Waals surface area (Å²) in [7, 11) is 0. The summed E-state index contributed by atoms with van der Waals surface area (Å²) in [6, 6.07) is 3.50. The number of nitrogens with zero attached hydrogens (tertiary/aromatic N) is 3. The van der Waals surface area contributed by atoms with Gasteiger partial charge in [0, 0.05) is 24.3 Å². The van der Waals surface area contributed by atoms with E-state index in [4.69, 9.17) is 4.74 Å². The third-order valence-electron chi connectivity index (χ3n) is 2.89. The van der Waals surface area contributed by atoms with Crippen LogP contribution >= 0.6 is 0 Å². The van der Waals surface area contributed by atoms with Gasteiger partial charge in [-0.25, -0.2) is 0 Å². The number of pyridine rings is 1. The van der Waals surface area contributed by atoms with Gasteiger partial charge in [0.2, 0.25) is 0 Å². The molecule has 16 heavy (non-hydrogen) atoms. The maximum atomic E-state index is 10.6. The molecule has 5 heteroatoms. The number of carbonyl (C=O) groups is 1. The van der Waals surface area contributed by atoms with E-state index >= 15 is 0 Å². The van der Waals surface area contributed by atoms with Crippen LogP contribution in [0.5, 0.6) is 0 Å². The molecule has 1 aliphatic heterocycles. The summed E-state index contributed by atoms with van der Waals surface area (Å²) in [5, 5.41) is 8.24. The van der Waals surface area contributed by atoms with E-state index < -0.39 is 0 Å². The van der Waals surface area contributed by atoms with Gasteiger partial charge >= 0.3 is 0 Å². The zero-order valence-corrected chi connectivity index (χ0v) is 8.67. The van der Waals surface area contributed by atoms with Crippen LogP contribution in [0, 0.1) is 0 Å². The zero-order chi connectivity index (χ0) is 11.0. The molecule has 1 atom stereocenters. The maximum Gasteiger partial charge on any atom is 0.161 e. The molecule has 2 aromatic heterocycles. The Morgan fingerprint density at radius 1 is 1.50 bits per heavy atom.